The molecule has 1 aliphatic heterocycles. The Morgan fingerprint density at radius 1 is 0.694 bits per heavy atom. The molecule has 0 spiro atoms. The zero-order valence-electron chi connectivity index (χ0n) is 24.0. The molecule has 1 aromatic rings. The normalized spacial score (nSPS) is 31.3. The maximum absolute atomic E-state index is 7.22. The van der Waals surface area contributed by atoms with Crippen molar-refractivity contribution in [2.24, 2.45) is 0 Å². The number of rotatable bonds is 13. The van der Waals surface area contributed by atoms with E-state index in [9.17, 15) is 0 Å². The number of hydrogen-bond donors (Lipinski definition) is 0. The van der Waals surface area contributed by atoms with E-state index in [1.807, 2.05) is 18.2 Å². The molecule has 0 radical (unpaired) electrons. The van der Waals surface area contributed by atoms with Crippen LogP contribution in [0.3, 0.4) is 0 Å². The average molecular weight is 579 g/mol. The van der Waals surface area contributed by atoms with E-state index in [-0.39, 0.29) is 0 Å². The SMILES string of the molecule is C=CCC[Si]1(C)O[Si](C)(CCC=C)O[Si](C)(CC[Si](C)(C)c2cccc(C)c2)O[Si](C)(CCC=C)O1. The molecule has 1 fully saturated rings. The average Bonchev–Trinajstić information content (AvgIpc) is 2.78. The van der Waals surface area contributed by atoms with E-state index in [1.54, 1.807) is 0 Å². The van der Waals surface area contributed by atoms with Gasteiger partial charge in [-0.05, 0) is 76.6 Å². The summed E-state index contributed by atoms with van der Waals surface area (Å²) in [6.45, 7) is 27.9. The number of hydrogen-bond acceptors (Lipinski definition) is 4. The lowest BCUT2D eigenvalue weighted by Gasteiger charge is -2.50. The first kappa shape index (κ1) is 31.6. The van der Waals surface area contributed by atoms with Crippen molar-refractivity contribution in [2.45, 2.75) is 95.7 Å². The van der Waals surface area contributed by atoms with Gasteiger partial charge in [0.15, 0.2) is 0 Å². The summed E-state index contributed by atoms with van der Waals surface area (Å²) in [7, 11) is -11.9. The molecule has 2 atom stereocenters. The molecule has 0 aromatic heterocycles. The lowest BCUT2D eigenvalue weighted by molar-refractivity contribution is 0.223. The van der Waals surface area contributed by atoms with Gasteiger partial charge in [-0.2, -0.15) is 0 Å². The van der Waals surface area contributed by atoms with Crippen LogP contribution >= 0.6 is 0 Å². The van der Waals surface area contributed by atoms with Crippen molar-refractivity contribution in [1.29, 1.82) is 0 Å². The van der Waals surface area contributed by atoms with E-state index in [4.69, 9.17) is 16.5 Å². The second kappa shape index (κ2) is 12.9. The first-order valence-corrected chi connectivity index (χ1v) is 26.7. The van der Waals surface area contributed by atoms with Gasteiger partial charge in [0.2, 0.25) is 0 Å². The van der Waals surface area contributed by atoms with Crippen LogP contribution in [-0.4, -0.2) is 42.3 Å². The fourth-order valence-corrected chi connectivity index (χ4v) is 33.2. The zero-order valence-corrected chi connectivity index (χ0v) is 29.0. The Balaban J connectivity index is 2.42. The molecule has 2 rings (SSSR count). The van der Waals surface area contributed by atoms with Crippen LogP contribution in [-0.2, 0) is 16.5 Å². The molecule has 0 saturated carbocycles. The second-order valence-electron chi connectivity index (χ2n) is 11.7. The van der Waals surface area contributed by atoms with E-state index < -0.39 is 42.3 Å². The Kier molecular flexibility index (Phi) is 11.4. The summed E-state index contributed by atoms with van der Waals surface area (Å²) in [5.74, 6) is 0. The number of benzene rings is 1. The van der Waals surface area contributed by atoms with Gasteiger partial charge in [0.1, 0.15) is 0 Å². The first-order chi connectivity index (χ1) is 16.7. The lowest BCUT2D eigenvalue weighted by atomic mass is 10.2. The molecule has 0 aliphatic carbocycles. The third kappa shape index (κ3) is 9.28. The highest BCUT2D eigenvalue weighted by atomic mass is 28.5. The van der Waals surface area contributed by atoms with Crippen LogP contribution in [0.25, 0.3) is 0 Å². The molecular weight excluding hydrogens is 529 g/mol. The predicted octanol–water partition coefficient (Wildman–Crippen LogP) is 8.01. The largest absolute Gasteiger partial charge is 0.416 e. The summed E-state index contributed by atoms with van der Waals surface area (Å²) in [6.07, 6.45) is 8.56. The van der Waals surface area contributed by atoms with Gasteiger partial charge < -0.3 is 16.5 Å². The maximum Gasteiger partial charge on any atom is 0.317 e. The Morgan fingerprint density at radius 3 is 1.44 bits per heavy atom. The summed E-state index contributed by atoms with van der Waals surface area (Å²) in [4.78, 5) is 0. The monoisotopic (exact) mass is 578 g/mol. The van der Waals surface area contributed by atoms with Crippen LogP contribution in [0.1, 0.15) is 24.8 Å². The third-order valence-electron chi connectivity index (χ3n) is 7.14. The van der Waals surface area contributed by atoms with E-state index in [0.29, 0.717) is 0 Å². The van der Waals surface area contributed by atoms with Crippen LogP contribution in [0.15, 0.2) is 62.2 Å². The van der Waals surface area contributed by atoms with Gasteiger partial charge in [-0.15, -0.1) is 19.7 Å². The Hall–Kier alpha value is -0.636. The van der Waals surface area contributed by atoms with Crippen LogP contribution in [0.4, 0.5) is 0 Å². The van der Waals surface area contributed by atoms with Crippen LogP contribution in [0.5, 0.6) is 0 Å². The third-order valence-corrected chi connectivity index (χ3v) is 29.6. The molecule has 0 amide bonds. The Labute approximate surface area is 226 Å². The van der Waals surface area contributed by atoms with Gasteiger partial charge in [0, 0.05) is 0 Å². The van der Waals surface area contributed by atoms with Gasteiger partial charge >= 0.3 is 34.2 Å². The summed E-state index contributed by atoms with van der Waals surface area (Å²) in [5.41, 5.74) is 1.33. The van der Waals surface area contributed by atoms with E-state index >= 15 is 0 Å². The van der Waals surface area contributed by atoms with E-state index in [0.717, 1.165) is 49.5 Å². The standard InChI is InChI=1S/C27H50O4Si5/c1-11-14-20-33(7)28-34(8,21-15-12-2)30-36(10,31-35(9,29-33)22-16-13-3)24-23-32(5,6)27-19-17-18-26(4)25-27/h11-13,17-19,25H,1-3,14-16,20-24H2,4-10H3. The molecular formula is C27H50O4Si5. The smallest absolute Gasteiger partial charge is 0.317 e. The minimum atomic E-state index is -2.60. The molecule has 1 aromatic carbocycles. The van der Waals surface area contributed by atoms with Gasteiger partial charge in [0.25, 0.3) is 0 Å². The Morgan fingerprint density at radius 2 is 1.08 bits per heavy atom. The van der Waals surface area contributed by atoms with Gasteiger partial charge in [-0.25, -0.2) is 0 Å². The lowest BCUT2D eigenvalue weighted by Crippen LogP contribution is -2.67. The molecule has 0 bridgehead atoms. The molecule has 1 heterocycles. The van der Waals surface area contributed by atoms with Crippen molar-refractivity contribution >= 4 is 47.5 Å². The molecule has 4 nitrogen and oxygen atoms in total. The van der Waals surface area contributed by atoms with E-state index in [1.165, 1.54) is 10.8 Å². The van der Waals surface area contributed by atoms with Crippen LogP contribution in [0.2, 0.25) is 69.5 Å². The van der Waals surface area contributed by atoms with Crippen molar-refractivity contribution in [2.75, 3.05) is 0 Å². The van der Waals surface area contributed by atoms with Gasteiger partial charge in [-0.1, -0.05) is 72.4 Å². The molecule has 1 aliphatic rings. The topological polar surface area (TPSA) is 36.9 Å². The summed E-state index contributed by atoms with van der Waals surface area (Å²) >= 11 is 0. The molecule has 0 N–H and O–H groups in total. The molecule has 202 valence electrons. The highest BCUT2D eigenvalue weighted by Gasteiger charge is 2.56. The summed E-state index contributed by atoms with van der Waals surface area (Å²) in [6, 6.07) is 13.8. The highest BCUT2D eigenvalue weighted by molar-refractivity contribution is 6.95. The van der Waals surface area contributed by atoms with E-state index in [2.05, 4.69) is 90.2 Å². The highest BCUT2D eigenvalue weighted by Crippen LogP contribution is 2.39. The number of allylic oxidation sites excluding steroid dienone is 3. The second-order valence-corrected chi connectivity index (χ2v) is 30.9. The van der Waals surface area contributed by atoms with Crippen molar-refractivity contribution in [3.05, 3.63) is 67.8 Å². The fourth-order valence-electron chi connectivity index (χ4n) is 5.16. The summed E-state index contributed by atoms with van der Waals surface area (Å²) < 4.78 is 28.6. The molecule has 2 unspecified atom stereocenters. The van der Waals surface area contributed by atoms with Crippen molar-refractivity contribution in [3.8, 4) is 0 Å². The quantitative estimate of drug-likeness (QED) is 0.175. The summed E-state index contributed by atoms with van der Waals surface area (Å²) in [5, 5.41) is 1.50. The predicted molar refractivity (Wildman–Crippen MR) is 168 cm³/mol. The molecule has 1 saturated heterocycles. The molecule has 36 heavy (non-hydrogen) atoms. The Bertz CT molecular complexity index is 878. The van der Waals surface area contributed by atoms with Crippen molar-refractivity contribution in [3.63, 3.8) is 0 Å². The van der Waals surface area contributed by atoms with Gasteiger partial charge in [-0.3, -0.25) is 0 Å². The van der Waals surface area contributed by atoms with Crippen molar-refractivity contribution < 1.29 is 16.5 Å². The van der Waals surface area contributed by atoms with Crippen LogP contribution in [0, 0.1) is 6.92 Å². The van der Waals surface area contributed by atoms with Crippen LogP contribution < -0.4 is 5.19 Å². The van der Waals surface area contributed by atoms with Crippen molar-refractivity contribution in [1.82, 2.24) is 0 Å². The minimum absolute atomic E-state index is 0.877. The zero-order chi connectivity index (χ0) is 27.1. The fraction of sp³-hybridized carbons (Fsp3) is 0.556. The molecule has 9 heteroatoms. The van der Waals surface area contributed by atoms with Gasteiger partial charge in [0.05, 0.1) is 8.07 Å². The maximum atomic E-state index is 7.22. The minimum Gasteiger partial charge on any atom is -0.416 e. The number of aryl methyl sites for hydroxylation is 1. The first-order valence-electron chi connectivity index (χ1n) is 13.4.